The molecule has 7 N–H and O–H groups in total. The zero-order valence-electron chi connectivity index (χ0n) is 29.2. The van der Waals surface area contributed by atoms with Crippen LogP contribution in [0.4, 0.5) is 4.79 Å². The van der Waals surface area contributed by atoms with Crippen LogP contribution in [0.5, 0.6) is 5.75 Å². The maximum atomic E-state index is 13.7. The number of unbranched alkanes of at least 4 members (excludes halogenated alkanes) is 1. The third-order valence-electron chi connectivity index (χ3n) is 9.10. The van der Waals surface area contributed by atoms with Crippen LogP contribution in [0.25, 0.3) is 11.1 Å². The molecule has 2 saturated heterocycles. The number of amides is 3. The average molecular weight is 756 g/mol. The molecule has 4 rings (SSSR count). The van der Waals surface area contributed by atoms with Crippen LogP contribution in [0.3, 0.4) is 0 Å². The van der Waals surface area contributed by atoms with E-state index in [4.69, 9.17) is 9.84 Å². The molecule has 0 aromatic heterocycles. The summed E-state index contributed by atoms with van der Waals surface area (Å²) in [6.07, 6.45) is 2.43. The third-order valence-corrected chi connectivity index (χ3v) is 10.6. The van der Waals surface area contributed by atoms with Crippen molar-refractivity contribution in [1.29, 1.82) is 0 Å². The number of Topliss-reactive ketones (excluding diaryl/α,β-unsaturated/α-hetero) is 1. The number of thioether (sulfide) groups is 1. The fraction of sp³-hybridized carbons (Fsp3) is 0.486. The molecule has 2 aliphatic heterocycles. The van der Waals surface area contributed by atoms with Crippen LogP contribution >= 0.6 is 11.8 Å². The van der Waals surface area contributed by atoms with Gasteiger partial charge in [0.1, 0.15) is 5.75 Å². The van der Waals surface area contributed by atoms with Crippen molar-refractivity contribution in [3.05, 3.63) is 52.6 Å². The number of urea groups is 1. The van der Waals surface area contributed by atoms with Gasteiger partial charge >= 0.3 is 29.9 Å². The quantitative estimate of drug-likeness (QED) is 0.0487. The lowest BCUT2D eigenvalue weighted by Crippen LogP contribution is -2.36. The number of carboxylic acid groups (broad SMARTS) is 4. The molecule has 2 aliphatic rings. The highest BCUT2D eigenvalue weighted by Gasteiger charge is 2.42. The number of hydrogen-bond donors (Lipinski definition) is 7. The van der Waals surface area contributed by atoms with Crippen molar-refractivity contribution in [3.8, 4) is 16.9 Å². The van der Waals surface area contributed by atoms with E-state index in [1.54, 1.807) is 18.2 Å². The molecule has 16 heteroatoms. The van der Waals surface area contributed by atoms with E-state index in [0.29, 0.717) is 52.3 Å². The molecular formula is C37H45N3O12S. The fourth-order valence-electron chi connectivity index (χ4n) is 6.53. The molecule has 53 heavy (non-hydrogen) atoms. The summed E-state index contributed by atoms with van der Waals surface area (Å²) >= 11 is 1.82. The summed E-state index contributed by atoms with van der Waals surface area (Å²) in [5, 5.41) is 46.3. The molecule has 3 atom stereocenters. The molecule has 0 radical (unpaired) electrons. The van der Waals surface area contributed by atoms with Crippen molar-refractivity contribution in [2.45, 2.75) is 94.4 Å². The molecular weight excluding hydrogens is 710 g/mol. The van der Waals surface area contributed by atoms with E-state index in [2.05, 4.69) is 16.0 Å². The van der Waals surface area contributed by atoms with Gasteiger partial charge in [-0.1, -0.05) is 18.6 Å². The number of carbonyl (C=O) groups excluding carboxylic acids is 3. The molecule has 2 aromatic carbocycles. The number of ketones is 1. The second kappa shape index (κ2) is 19.6. The summed E-state index contributed by atoms with van der Waals surface area (Å²) in [6.45, 7) is -0.421. The fourth-order valence-corrected chi connectivity index (χ4v) is 8.08. The van der Waals surface area contributed by atoms with Gasteiger partial charge in [0.15, 0.2) is 12.4 Å². The van der Waals surface area contributed by atoms with Crippen molar-refractivity contribution < 1.29 is 58.7 Å². The Morgan fingerprint density at radius 1 is 0.755 bits per heavy atom. The molecule has 0 unspecified atom stereocenters. The first-order valence-electron chi connectivity index (χ1n) is 17.6. The average Bonchev–Trinajstić information content (AvgIpc) is 3.66. The van der Waals surface area contributed by atoms with Gasteiger partial charge in [-0.25, -0.2) is 9.59 Å². The van der Waals surface area contributed by atoms with Crippen LogP contribution in [0.1, 0.15) is 84.8 Å². The molecule has 0 spiro atoms. The van der Waals surface area contributed by atoms with Crippen molar-refractivity contribution >= 4 is 53.4 Å². The van der Waals surface area contributed by atoms with E-state index in [9.17, 15) is 48.9 Å². The number of carbonyl (C=O) groups is 7. The smallest absolute Gasteiger partial charge is 0.341 e. The molecule has 2 fully saturated rings. The normalized spacial score (nSPS) is 17.4. The number of fused-ring (bicyclic) bond motifs is 1. The minimum atomic E-state index is -1.23. The topological polar surface area (TPSA) is 246 Å². The van der Waals surface area contributed by atoms with Crippen LogP contribution in [0.15, 0.2) is 30.3 Å². The Hall–Kier alpha value is -5.12. The highest BCUT2D eigenvalue weighted by atomic mass is 32.2. The molecule has 2 heterocycles. The maximum Gasteiger partial charge on any atom is 0.341 e. The molecule has 0 bridgehead atoms. The Morgan fingerprint density at radius 3 is 2.15 bits per heavy atom. The van der Waals surface area contributed by atoms with Gasteiger partial charge < -0.3 is 41.1 Å². The standard InChI is InChI=1S/C37H45N3O12S/c41-29(4-3-13-38-31(42)6-2-1-5-30-36-28(20-53-30)39-37(51)40-36)27-18-26(22(8-11-33(45)46)16-23(27)9-12-34(47)48)24-14-21(7-10-32(43)44)15-25(17-24)52-19-35(49)50/h14-18,28,30,36H,1-13,19-20H2,(H,38,42)(H,43,44)(H,45,46)(H,47,48)(H,49,50)(H2,39,40,51)/t28-,30-,36-/m0/s1. The van der Waals surface area contributed by atoms with Crippen LogP contribution in [-0.2, 0) is 43.2 Å². The molecule has 15 nitrogen and oxygen atoms in total. The lowest BCUT2D eigenvalue weighted by atomic mass is 9.87. The zero-order valence-corrected chi connectivity index (χ0v) is 30.0. The molecule has 286 valence electrons. The Bertz CT molecular complexity index is 1680. The Kier molecular flexibility index (Phi) is 15.1. The van der Waals surface area contributed by atoms with Gasteiger partial charge in [0.2, 0.25) is 5.91 Å². The molecule has 3 amide bonds. The summed E-state index contributed by atoms with van der Waals surface area (Å²) in [6, 6.07) is 8.05. The predicted molar refractivity (Wildman–Crippen MR) is 193 cm³/mol. The number of aliphatic carboxylic acids is 4. The minimum Gasteiger partial charge on any atom is -0.482 e. The van der Waals surface area contributed by atoms with E-state index in [0.717, 1.165) is 18.6 Å². The van der Waals surface area contributed by atoms with Gasteiger partial charge in [0, 0.05) is 55.2 Å². The highest BCUT2D eigenvalue weighted by molar-refractivity contribution is 8.00. The lowest BCUT2D eigenvalue weighted by molar-refractivity contribution is -0.139. The molecule has 0 aliphatic carbocycles. The van der Waals surface area contributed by atoms with E-state index >= 15 is 0 Å². The predicted octanol–water partition coefficient (Wildman–Crippen LogP) is 3.67. The monoisotopic (exact) mass is 755 g/mol. The number of ether oxygens (including phenoxy) is 1. The van der Waals surface area contributed by atoms with Crippen LogP contribution in [0, 0.1) is 0 Å². The van der Waals surface area contributed by atoms with Gasteiger partial charge in [-0.05, 0) is 84.5 Å². The van der Waals surface area contributed by atoms with Crippen molar-refractivity contribution in [3.63, 3.8) is 0 Å². The largest absolute Gasteiger partial charge is 0.482 e. The number of nitrogens with one attached hydrogen (secondary N) is 3. The van der Waals surface area contributed by atoms with Crippen LogP contribution in [-0.4, -0.2) is 98.3 Å². The number of carboxylic acids is 4. The van der Waals surface area contributed by atoms with Gasteiger partial charge in [-0.15, -0.1) is 0 Å². The second-order valence-corrected chi connectivity index (χ2v) is 14.4. The van der Waals surface area contributed by atoms with Crippen LogP contribution < -0.4 is 20.7 Å². The Balaban J connectivity index is 1.46. The SMILES string of the molecule is O=C(O)CCc1cc(OCC(=O)O)cc(-c2cc(C(=O)CCCNC(=O)CCCC[C@@H]3SC[C@@H]4NC(=O)N[C@@H]43)c(CCC(=O)O)cc2CCC(=O)O)c1. The first-order valence-corrected chi connectivity index (χ1v) is 18.6. The van der Waals surface area contributed by atoms with E-state index < -0.39 is 30.5 Å². The van der Waals surface area contributed by atoms with Gasteiger partial charge in [-0.3, -0.25) is 24.0 Å². The Morgan fingerprint density at radius 2 is 1.45 bits per heavy atom. The van der Waals surface area contributed by atoms with Crippen LogP contribution in [0.2, 0.25) is 0 Å². The van der Waals surface area contributed by atoms with Gasteiger partial charge in [-0.2, -0.15) is 11.8 Å². The summed E-state index contributed by atoms with van der Waals surface area (Å²) < 4.78 is 5.41. The number of hydrogen-bond acceptors (Lipinski definition) is 9. The summed E-state index contributed by atoms with van der Waals surface area (Å²) in [7, 11) is 0. The van der Waals surface area contributed by atoms with Gasteiger partial charge in [0.05, 0.1) is 12.1 Å². The first-order chi connectivity index (χ1) is 25.3. The first kappa shape index (κ1) is 40.6. The maximum absolute atomic E-state index is 13.7. The van der Waals surface area contributed by atoms with Crippen molar-refractivity contribution in [2.75, 3.05) is 18.9 Å². The number of aryl methyl sites for hydroxylation is 3. The van der Waals surface area contributed by atoms with E-state index in [1.807, 2.05) is 11.8 Å². The summed E-state index contributed by atoms with van der Waals surface area (Å²) in [5.41, 5.74) is 2.56. The third kappa shape index (κ3) is 12.8. The lowest BCUT2D eigenvalue weighted by Gasteiger charge is -2.18. The van der Waals surface area contributed by atoms with Crippen molar-refractivity contribution in [1.82, 2.24) is 16.0 Å². The second-order valence-electron chi connectivity index (χ2n) is 13.1. The Labute approximate surface area is 310 Å². The van der Waals surface area contributed by atoms with E-state index in [1.165, 1.54) is 12.1 Å². The molecule has 2 aromatic rings. The minimum absolute atomic E-state index is 0.00274. The number of rotatable bonds is 23. The summed E-state index contributed by atoms with van der Waals surface area (Å²) in [5.74, 6) is -3.87. The highest BCUT2D eigenvalue weighted by Crippen LogP contribution is 2.35. The summed E-state index contributed by atoms with van der Waals surface area (Å²) in [4.78, 5) is 83.4. The zero-order chi connectivity index (χ0) is 38.5. The van der Waals surface area contributed by atoms with Crippen molar-refractivity contribution in [2.24, 2.45) is 0 Å². The van der Waals surface area contributed by atoms with Gasteiger partial charge in [0.25, 0.3) is 0 Å². The number of benzene rings is 2. The van der Waals surface area contributed by atoms with E-state index in [-0.39, 0.29) is 92.6 Å². The molecule has 0 saturated carbocycles.